The van der Waals surface area contributed by atoms with E-state index in [0.717, 1.165) is 12.1 Å². The van der Waals surface area contributed by atoms with Crippen LogP contribution in [0.2, 0.25) is 0 Å². The Kier molecular flexibility index (Phi) is 4.20. The second-order valence-electron chi connectivity index (χ2n) is 4.92. The van der Waals surface area contributed by atoms with Crippen LogP contribution < -0.4 is 0 Å². The third-order valence-electron chi connectivity index (χ3n) is 3.28. The number of benzene rings is 1. The van der Waals surface area contributed by atoms with Crippen molar-refractivity contribution in [2.45, 2.75) is 31.5 Å². The molecule has 1 amide bonds. The Labute approximate surface area is 119 Å². The van der Waals surface area contributed by atoms with E-state index < -0.39 is 29.2 Å². The second kappa shape index (κ2) is 5.75. The number of amides is 1. The first kappa shape index (κ1) is 15.3. The normalized spacial score (nSPS) is 14.8. The lowest BCUT2D eigenvalue weighted by Gasteiger charge is -2.23. The van der Waals surface area contributed by atoms with Crippen molar-refractivity contribution in [2.24, 2.45) is 0 Å². The van der Waals surface area contributed by atoms with Crippen LogP contribution in [0.1, 0.15) is 35.2 Å². The smallest absolute Gasteiger partial charge is 0.417 e. The van der Waals surface area contributed by atoms with Crippen molar-refractivity contribution in [1.29, 1.82) is 0 Å². The first-order chi connectivity index (χ1) is 9.80. The number of carbonyl (C=O) groups excluding carboxylic acids is 1. The highest BCUT2D eigenvalue weighted by atomic mass is 19.4. The third-order valence-corrected chi connectivity index (χ3v) is 3.28. The Hall–Kier alpha value is -2.05. The van der Waals surface area contributed by atoms with Crippen molar-refractivity contribution in [1.82, 2.24) is 4.90 Å². The fraction of sp³-hybridized carbons (Fsp3) is 0.429. The molecule has 0 saturated heterocycles. The molecule has 1 aliphatic rings. The molecule has 4 nitrogen and oxygen atoms in total. The number of hydrogen-bond acceptors (Lipinski definition) is 2. The molecule has 1 aromatic rings. The summed E-state index contributed by atoms with van der Waals surface area (Å²) in [6.45, 7) is -0.0783. The highest BCUT2D eigenvalue weighted by molar-refractivity contribution is 5.96. The highest BCUT2D eigenvalue weighted by Crippen LogP contribution is 2.34. The minimum absolute atomic E-state index is 0.0783. The molecule has 0 unspecified atom stereocenters. The minimum atomic E-state index is -4.62. The van der Waals surface area contributed by atoms with Gasteiger partial charge in [0, 0.05) is 12.6 Å². The van der Waals surface area contributed by atoms with Gasteiger partial charge in [0.05, 0.1) is 17.5 Å². The van der Waals surface area contributed by atoms with Gasteiger partial charge in [0.2, 0.25) is 0 Å². The van der Waals surface area contributed by atoms with Crippen LogP contribution in [-0.2, 0) is 11.0 Å². The first-order valence-electron chi connectivity index (χ1n) is 6.49. The fourth-order valence-electron chi connectivity index (χ4n) is 2.12. The number of rotatable bonds is 5. The zero-order chi connectivity index (χ0) is 15.6. The number of aliphatic carboxylic acids is 1. The summed E-state index contributed by atoms with van der Waals surface area (Å²) in [4.78, 5) is 24.2. The summed E-state index contributed by atoms with van der Waals surface area (Å²) in [7, 11) is 0. The van der Waals surface area contributed by atoms with Gasteiger partial charge in [0.1, 0.15) is 0 Å². The molecule has 1 saturated carbocycles. The number of alkyl halides is 3. The molecule has 114 valence electrons. The predicted molar refractivity (Wildman–Crippen MR) is 67.8 cm³/mol. The van der Waals surface area contributed by atoms with Gasteiger partial charge in [-0.2, -0.15) is 13.2 Å². The Bertz CT molecular complexity index is 553. The summed E-state index contributed by atoms with van der Waals surface area (Å²) in [5.41, 5.74) is -1.42. The van der Waals surface area contributed by atoms with E-state index in [-0.39, 0.29) is 19.0 Å². The molecule has 1 aliphatic carbocycles. The van der Waals surface area contributed by atoms with E-state index in [4.69, 9.17) is 5.11 Å². The molecule has 0 heterocycles. The van der Waals surface area contributed by atoms with Gasteiger partial charge in [-0.25, -0.2) is 0 Å². The number of nitrogens with zero attached hydrogens (tertiary/aromatic N) is 1. The zero-order valence-electron chi connectivity index (χ0n) is 11.1. The molecular formula is C14H14F3NO3. The standard InChI is InChI=1S/C14H14F3NO3/c15-14(16,17)11-4-2-1-3-10(11)13(21)18(9-5-6-9)8-7-12(19)20/h1-4,9H,5-8H2,(H,19,20). The van der Waals surface area contributed by atoms with E-state index in [2.05, 4.69) is 0 Å². The van der Waals surface area contributed by atoms with Crippen molar-refractivity contribution in [3.8, 4) is 0 Å². The SMILES string of the molecule is O=C(O)CCN(C(=O)c1ccccc1C(F)(F)F)C1CC1. The summed E-state index contributed by atoms with van der Waals surface area (Å²) in [5, 5.41) is 8.68. The quantitative estimate of drug-likeness (QED) is 0.910. The maximum Gasteiger partial charge on any atom is 0.417 e. The van der Waals surface area contributed by atoms with Crippen molar-refractivity contribution in [3.63, 3.8) is 0 Å². The first-order valence-corrected chi connectivity index (χ1v) is 6.49. The van der Waals surface area contributed by atoms with Crippen LogP contribution in [0.5, 0.6) is 0 Å². The van der Waals surface area contributed by atoms with E-state index in [0.29, 0.717) is 12.8 Å². The van der Waals surface area contributed by atoms with Crippen molar-refractivity contribution < 1.29 is 27.9 Å². The van der Waals surface area contributed by atoms with Crippen LogP contribution in [0.15, 0.2) is 24.3 Å². The molecule has 1 aromatic carbocycles. The number of carbonyl (C=O) groups is 2. The Morgan fingerprint density at radius 2 is 1.86 bits per heavy atom. The van der Waals surface area contributed by atoms with E-state index in [1.54, 1.807) is 0 Å². The zero-order valence-corrected chi connectivity index (χ0v) is 11.1. The Balaban J connectivity index is 2.27. The lowest BCUT2D eigenvalue weighted by atomic mass is 10.1. The third kappa shape index (κ3) is 3.74. The van der Waals surface area contributed by atoms with Gasteiger partial charge in [-0.05, 0) is 25.0 Å². The van der Waals surface area contributed by atoms with Gasteiger partial charge in [-0.3, -0.25) is 9.59 Å². The monoisotopic (exact) mass is 301 g/mol. The van der Waals surface area contributed by atoms with E-state index >= 15 is 0 Å². The molecule has 1 fully saturated rings. The van der Waals surface area contributed by atoms with Gasteiger partial charge in [0.15, 0.2) is 0 Å². The number of carboxylic acid groups (broad SMARTS) is 1. The summed E-state index contributed by atoms with van der Waals surface area (Å²) >= 11 is 0. The maximum absolute atomic E-state index is 12.9. The van der Waals surface area contributed by atoms with Crippen molar-refractivity contribution in [3.05, 3.63) is 35.4 Å². The highest BCUT2D eigenvalue weighted by Gasteiger charge is 2.39. The number of carboxylic acids is 1. The largest absolute Gasteiger partial charge is 0.481 e. The maximum atomic E-state index is 12.9. The average Bonchev–Trinajstić information content (AvgIpc) is 3.22. The van der Waals surface area contributed by atoms with Crippen LogP contribution in [-0.4, -0.2) is 34.5 Å². The Morgan fingerprint density at radius 1 is 1.24 bits per heavy atom. The van der Waals surface area contributed by atoms with Gasteiger partial charge < -0.3 is 10.0 Å². The van der Waals surface area contributed by atoms with Crippen LogP contribution in [0.25, 0.3) is 0 Å². The van der Waals surface area contributed by atoms with Crippen molar-refractivity contribution in [2.75, 3.05) is 6.54 Å². The summed E-state index contributed by atoms with van der Waals surface area (Å²) in [5.74, 6) is -1.84. The van der Waals surface area contributed by atoms with Crippen molar-refractivity contribution >= 4 is 11.9 Å². The van der Waals surface area contributed by atoms with Gasteiger partial charge in [-0.15, -0.1) is 0 Å². The second-order valence-corrected chi connectivity index (χ2v) is 4.92. The lowest BCUT2D eigenvalue weighted by molar-refractivity contribution is -0.139. The summed E-state index contributed by atoms with van der Waals surface area (Å²) < 4.78 is 38.8. The molecule has 0 spiro atoms. The minimum Gasteiger partial charge on any atom is -0.481 e. The van der Waals surface area contributed by atoms with E-state index in [1.165, 1.54) is 17.0 Å². The summed E-state index contributed by atoms with van der Waals surface area (Å²) in [6.07, 6.45) is -3.51. The molecule has 2 rings (SSSR count). The fourth-order valence-corrected chi connectivity index (χ4v) is 2.12. The van der Waals surface area contributed by atoms with Gasteiger partial charge in [-0.1, -0.05) is 12.1 Å². The predicted octanol–water partition coefficient (Wildman–Crippen LogP) is 2.78. The number of hydrogen-bond donors (Lipinski definition) is 1. The van der Waals surface area contributed by atoms with Crippen LogP contribution >= 0.6 is 0 Å². The average molecular weight is 301 g/mol. The topological polar surface area (TPSA) is 57.6 Å². The molecule has 1 N–H and O–H groups in total. The van der Waals surface area contributed by atoms with Crippen LogP contribution in [0.3, 0.4) is 0 Å². The van der Waals surface area contributed by atoms with Crippen LogP contribution in [0, 0.1) is 0 Å². The van der Waals surface area contributed by atoms with E-state index in [1.807, 2.05) is 0 Å². The molecule has 0 aliphatic heterocycles. The molecular weight excluding hydrogens is 287 g/mol. The van der Waals surface area contributed by atoms with E-state index in [9.17, 15) is 22.8 Å². The molecule has 0 radical (unpaired) electrons. The summed E-state index contributed by atoms with van der Waals surface area (Å²) in [6, 6.07) is 4.41. The molecule has 0 aromatic heterocycles. The Morgan fingerprint density at radius 3 is 2.38 bits per heavy atom. The molecule has 21 heavy (non-hydrogen) atoms. The van der Waals surface area contributed by atoms with Gasteiger partial charge in [0.25, 0.3) is 5.91 Å². The van der Waals surface area contributed by atoms with Gasteiger partial charge >= 0.3 is 12.1 Å². The molecule has 0 bridgehead atoms. The lowest BCUT2D eigenvalue weighted by Crippen LogP contribution is -2.36. The molecule has 7 heteroatoms. The van der Waals surface area contributed by atoms with Crippen LogP contribution in [0.4, 0.5) is 13.2 Å². The molecule has 0 atom stereocenters. The number of halogens is 3.